The van der Waals surface area contributed by atoms with E-state index >= 15 is 0 Å². The molecule has 0 aliphatic rings. The quantitative estimate of drug-likeness (QED) is 0.521. The van der Waals surface area contributed by atoms with Crippen LogP contribution in [0.2, 0.25) is 0 Å². The van der Waals surface area contributed by atoms with Gasteiger partial charge in [0.05, 0.1) is 24.1 Å². The molecule has 146 valence electrons. The van der Waals surface area contributed by atoms with Crippen molar-refractivity contribution in [1.29, 1.82) is 0 Å². The molecule has 28 heavy (non-hydrogen) atoms. The van der Waals surface area contributed by atoms with Crippen LogP contribution in [0, 0.1) is 0 Å². The van der Waals surface area contributed by atoms with E-state index in [4.69, 9.17) is 10.5 Å². The van der Waals surface area contributed by atoms with Crippen LogP contribution in [0.1, 0.15) is 29.8 Å². The van der Waals surface area contributed by atoms with Crippen LogP contribution < -0.4 is 21.1 Å². The fourth-order valence-electron chi connectivity index (χ4n) is 2.61. The molecule has 3 rings (SSSR count). The van der Waals surface area contributed by atoms with E-state index in [9.17, 15) is 4.79 Å². The zero-order valence-corrected chi connectivity index (χ0v) is 15.8. The van der Waals surface area contributed by atoms with E-state index in [0.717, 1.165) is 23.5 Å². The monoisotopic (exact) mass is 381 g/mol. The average molecular weight is 381 g/mol. The minimum Gasteiger partial charge on any atom is -0.494 e. The summed E-state index contributed by atoms with van der Waals surface area (Å²) in [5.41, 5.74) is 7.37. The number of nitrogens with two attached hydrogens (primary N) is 1. The van der Waals surface area contributed by atoms with E-state index in [2.05, 4.69) is 25.7 Å². The van der Waals surface area contributed by atoms with Gasteiger partial charge in [0.2, 0.25) is 5.95 Å². The summed E-state index contributed by atoms with van der Waals surface area (Å²) in [6.45, 7) is 5.67. The summed E-state index contributed by atoms with van der Waals surface area (Å²) in [5, 5.41) is 10.4. The third-order valence-electron chi connectivity index (χ3n) is 3.99. The van der Waals surface area contributed by atoms with Crippen LogP contribution in [0.3, 0.4) is 0 Å². The Labute approximate surface area is 162 Å². The SMILES string of the molecule is CCOc1ccccc1CNc1nc(Nc2cnn(CC)c2)ncc1C(N)=O. The molecule has 0 unspecified atom stereocenters. The van der Waals surface area contributed by atoms with E-state index in [-0.39, 0.29) is 5.56 Å². The molecule has 4 N–H and O–H groups in total. The van der Waals surface area contributed by atoms with Crippen LogP contribution in [-0.2, 0) is 13.1 Å². The zero-order chi connectivity index (χ0) is 19.9. The van der Waals surface area contributed by atoms with Crippen LogP contribution >= 0.6 is 0 Å². The maximum absolute atomic E-state index is 11.8. The molecular formula is C19H23N7O2. The second kappa shape index (κ2) is 8.85. The summed E-state index contributed by atoms with van der Waals surface area (Å²) in [5.74, 6) is 0.851. The van der Waals surface area contributed by atoms with Gasteiger partial charge in [0.25, 0.3) is 5.91 Å². The summed E-state index contributed by atoms with van der Waals surface area (Å²) in [7, 11) is 0. The molecule has 2 heterocycles. The lowest BCUT2D eigenvalue weighted by Crippen LogP contribution is -2.17. The first-order valence-corrected chi connectivity index (χ1v) is 9.01. The van der Waals surface area contributed by atoms with Crippen LogP contribution in [0.25, 0.3) is 0 Å². The van der Waals surface area contributed by atoms with E-state index < -0.39 is 5.91 Å². The van der Waals surface area contributed by atoms with Gasteiger partial charge in [-0.2, -0.15) is 10.1 Å². The molecule has 0 aliphatic heterocycles. The Kier molecular flexibility index (Phi) is 6.05. The van der Waals surface area contributed by atoms with Gasteiger partial charge >= 0.3 is 0 Å². The van der Waals surface area contributed by atoms with Crippen LogP contribution in [0.15, 0.2) is 42.9 Å². The summed E-state index contributed by atoms with van der Waals surface area (Å²) in [4.78, 5) is 20.3. The van der Waals surface area contributed by atoms with Crippen molar-refractivity contribution in [3.8, 4) is 5.75 Å². The summed E-state index contributed by atoms with van der Waals surface area (Å²) < 4.78 is 7.41. The number of anilines is 3. The van der Waals surface area contributed by atoms with Crippen molar-refractivity contribution < 1.29 is 9.53 Å². The first kappa shape index (κ1) is 19.2. The third kappa shape index (κ3) is 4.56. The van der Waals surface area contributed by atoms with Gasteiger partial charge in [-0.15, -0.1) is 0 Å². The van der Waals surface area contributed by atoms with Gasteiger partial charge in [-0.05, 0) is 19.9 Å². The number of carbonyl (C=O) groups excluding carboxylic acids is 1. The topological polar surface area (TPSA) is 120 Å². The highest BCUT2D eigenvalue weighted by Gasteiger charge is 2.13. The van der Waals surface area contributed by atoms with Gasteiger partial charge in [0.15, 0.2) is 0 Å². The zero-order valence-electron chi connectivity index (χ0n) is 15.8. The third-order valence-corrected chi connectivity index (χ3v) is 3.99. The molecule has 2 aromatic heterocycles. The first-order chi connectivity index (χ1) is 13.6. The summed E-state index contributed by atoms with van der Waals surface area (Å²) in [6, 6.07) is 7.68. The van der Waals surface area contributed by atoms with Crippen molar-refractivity contribution in [3.05, 3.63) is 54.0 Å². The van der Waals surface area contributed by atoms with Crippen LogP contribution in [-0.4, -0.2) is 32.3 Å². The number of hydrogen-bond acceptors (Lipinski definition) is 7. The van der Waals surface area contributed by atoms with E-state index in [1.54, 1.807) is 10.9 Å². The van der Waals surface area contributed by atoms with Gasteiger partial charge in [-0.1, -0.05) is 18.2 Å². The molecule has 0 bridgehead atoms. The number of aryl methyl sites for hydroxylation is 1. The minimum atomic E-state index is -0.606. The predicted molar refractivity (Wildman–Crippen MR) is 107 cm³/mol. The van der Waals surface area contributed by atoms with Gasteiger partial charge in [0, 0.05) is 31.0 Å². The Morgan fingerprint density at radius 1 is 1.25 bits per heavy atom. The average Bonchev–Trinajstić information content (AvgIpc) is 3.15. The number of primary amides is 1. The Balaban J connectivity index is 1.81. The second-order valence-corrected chi connectivity index (χ2v) is 5.92. The molecule has 0 radical (unpaired) electrons. The van der Waals surface area contributed by atoms with Crippen molar-refractivity contribution in [2.45, 2.75) is 26.9 Å². The van der Waals surface area contributed by atoms with Crippen molar-refractivity contribution in [2.24, 2.45) is 5.73 Å². The number of ether oxygens (including phenoxy) is 1. The lowest BCUT2D eigenvalue weighted by Gasteiger charge is -2.13. The molecule has 0 fully saturated rings. The highest BCUT2D eigenvalue weighted by molar-refractivity contribution is 5.97. The van der Waals surface area contributed by atoms with Crippen LogP contribution in [0.4, 0.5) is 17.5 Å². The molecular weight excluding hydrogens is 358 g/mol. The smallest absolute Gasteiger partial charge is 0.254 e. The molecule has 0 saturated heterocycles. The number of hydrogen-bond donors (Lipinski definition) is 3. The number of aromatic nitrogens is 4. The highest BCUT2D eigenvalue weighted by Crippen LogP contribution is 2.21. The fraction of sp³-hybridized carbons (Fsp3) is 0.263. The number of para-hydroxylation sites is 1. The van der Waals surface area contributed by atoms with Crippen molar-refractivity contribution in [1.82, 2.24) is 19.7 Å². The first-order valence-electron chi connectivity index (χ1n) is 9.01. The Morgan fingerprint density at radius 3 is 2.79 bits per heavy atom. The summed E-state index contributed by atoms with van der Waals surface area (Å²) >= 11 is 0. The predicted octanol–water partition coefficient (Wildman–Crippen LogP) is 2.55. The number of nitrogens with one attached hydrogen (secondary N) is 2. The Bertz CT molecular complexity index is 955. The number of amides is 1. The maximum Gasteiger partial charge on any atom is 0.254 e. The van der Waals surface area contributed by atoms with Crippen LogP contribution in [0.5, 0.6) is 5.75 Å². The number of rotatable bonds is 9. The number of benzene rings is 1. The van der Waals surface area contributed by atoms with E-state index in [0.29, 0.717) is 24.9 Å². The molecule has 1 amide bonds. The molecule has 0 aliphatic carbocycles. The number of carbonyl (C=O) groups is 1. The number of nitrogens with zero attached hydrogens (tertiary/aromatic N) is 4. The van der Waals surface area contributed by atoms with Gasteiger partial charge in [-0.3, -0.25) is 9.48 Å². The highest BCUT2D eigenvalue weighted by atomic mass is 16.5. The van der Waals surface area contributed by atoms with Gasteiger partial charge in [-0.25, -0.2) is 4.98 Å². The maximum atomic E-state index is 11.8. The standard InChI is InChI=1S/C19H23N7O2/c1-3-26-12-14(10-23-26)24-19-22-11-15(17(20)27)18(25-19)21-9-13-7-5-6-8-16(13)28-4-2/h5-8,10-12H,3-4,9H2,1-2H3,(H2,20,27)(H2,21,22,24,25). The second-order valence-electron chi connectivity index (χ2n) is 5.92. The lowest BCUT2D eigenvalue weighted by molar-refractivity contribution is 0.100. The van der Waals surface area contributed by atoms with Crippen molar-refractivity contribution in [2.75, 3.05) is 17.2 Å². The molecule has 0 saturated carbocycles. The van der Waals surface area contributed by atoms with Crippen molar-refractivity contribution in [3.63, 3.8) is 0 Å². The van der Waals surface area contributed by atoms with Crippen molar-refractivity contribution >= 4 is 23.4 Å². The Hall–Kier alpha value is -3.62. The normalized spacial score (nSPS) is 10.5. The Morgan fingerprint density at radius 2 is 2.07 bits per heavy atom. The van der Waals surface area contributed by atoms with E-state index in [1.165, 1.54) is 6.20 Å². The molecule has 9 nitrogen and oxygen atoms in total. The molecule has 1 aromatic carbocycles. The molecule has 9 heteroatoms. The molecule has 0 spiro atoms. The van der Waals surface area contributed by atoms with E-state index in [1.807, 2.05) is 44.3 Å². The largest absolute Gasteiger partial charge is 0.494 e. The molecule has 0 atom stereocenters. The fourth-order valence-corrected chi connectivity index (χ4v) is 2.61. The minimum absolute atomic E-state index is 0.212. The van der Waals surface area contributed by atoms with Gasteiger partial charge < -0.3 is 21.1 Å². The van der Waals surface area contributed by atoms with Gasteiger partial charge in [0.1, 0.15) is 11.6 Å². The summed E-state index contributed by atoms with van der Waals surface area (Å²) in [6.07, 6.45) is 4.93. The lowest BCUT2D eigenvalue weighted by atomic mass is 10.2. The molecule has 3 aromatic rings.